The molecule has 0 saturated carbocycles. The average molecular weight is 349 g/mol. The van der Waals surface area contributed by atoms with E-state index in [1.807, 2.05) is 48.7 Å². The van der Waals surface area contributed by atoms with Crippen LogP contribution in [0.4, 0.5) is 0 Å². The van der Waals surface area contributed by atoms with Gasteiger partial charge in [-0.1, -0.05) is 30.3 Å². The molecule has 1 unspecified atom stereocenters. The van der Waals surface area contributed by atoms with Gasteiger partial charge in [0.25, 0.3) is 10.2 Å². The molecule has 2 aromatic rings. The number of nitrogens with one attached hydrogen (secondary N) is 1. The van der Waals surface area contributed by atoms with Crippen molar-refractivity contribution in [3.05, 3.63) is 36.2 Å². The molecule has 1 N–H and O–H groups in total. The molecule has 2 heterocycles. The maximum Gasteiger partial charge on any atom is 0.279 e. The molecule has 1 aliphatic rings. The van der Waals surface area contributed by atoms with E-state index in [-0.39, 0.29) is 12.1 Å². The van der Waals surface area contributed by atoms with Gasteiger partial charge < -0.3 is 4.57 Å². The molecule has 0 saturated heterocycles. The number of fused-ring (bicyclic) bond motifs is 1. The fourth-order valence-corrected chi connectivity index (χ4v) is 4.13. The Morgan fingerprint density at radius 2 is 1.96 bits per heavy atom. The third kappa shape index (κ3) is 3.35. The Kier molecular flexibility index (Phi) is 4.71. The van der Waals surface area contributed by atoms with E-state index in [0.29, 0.717) is 13.0 Å². The zero-order chi connectivity index (χ0) is 17.3. The van der Waals surface area contributed by atoms with E-state index in [1.54, 1.807) is 7.05 Å². The van der Waals surface area contributed by atoms with Crippen LogP contribution in [-0.4, -0.2) is 46.6 Å². The summed E-state index contributed by atoms with van der Waals surface area (Å²) in [7, 11) is -1.90. The number of aryl methyl sites for hydroxylation is 1. The van der Waals surface area contributed by atoms with Gasteiger partial charge in [-0.15, -0.1) is 10.2 Å². The van der Waals surface area contributed by atoms with Gasteiger partial charge in [0.1, 0.15) is 5.82 Å². The minimum atomic E-state index is -3.49. The molecule has 8 heteroatoms. The van der Waals surface area contributed by atoms with Crippen molar-refractivity contribution >= 4 is 10.2 Å². The Hall–Kier alpha value is -1.77. The number of rotatable bonds is 5. The molecular formula is C16H23N5O2S. The Bertz CT molecular complexity index is 801. The number of benzene rings is 1. The van der Waals surface area contributed by atoms with Crippen molar-refractivity contribution in [1.82, 2.24) is 23.8 Å². The van der Waals surface area contributed by atoms with Gasteiger partial charge in [0, 0.05) is 37.7 Å². The van der Waals surface area contributed by atoms with Crippen molar-refractivity contribution in [3.63, 3.8) is 0 Å². The molecule has 1 aliphatic heterocycles. The van der Waals surface area contributed by atoms with E-state index >= 15 is 0 Å². The first-order chi connectivity index (χ1) is 11.4. The molecule has 130 valence electrons. The van der Waals surface area contributed by atoms with Gasteiger partial charge in [-0.3, -0.25) is 0 Å². The fraction of sp³-hybridized carbons (Fsp3) is 0.500. The van der Waals surface area contributed by atoms with E-state index in [1.165, 1.54) is 4.31 Å². The predicted molar refractivity (Wildman–Crippen MR) is 92.5 cm³/mol. The smallest absolute Gasteiger partial charge is 0.279 e. The summed E-state index contributed by atoms with van der Waals surface area (Å²) in [5, 5.41) is 8.54. The van der Waals surface area contributed by atoms with E-state index in [4.69, 9.17) is 0 Å². The topological polar surface area (TPSA) is 80.1 Å². The van der Waals surface area contributed by atoms with E-state index in [9.17, 15) is 8.42 Å². The molecule has 1 aromatic carbocycles. The maximum atomic E-state index is 12.4. The van der Waals surface area contributed by atoms with Crippen LogP contribution in [-0.2, 0) is 23.2 Å². The molecule has 0 fully saturated rings. The highest BCUT2D eigenvalue weighted by molar-refractivity contribution is 7.87. The molecule has 1 atom stereocenters. The Morgan fingerprint density at radius 3 is 2.62 bits per heavy atom. The van der Waals surface area contributed by atoms with Crippen LogP contribution in [0.2, 0.25) is 0 Å². The van der Waals surface area contributed by atoms with Gasteiger partial charge in [0.15, 0.2) is 5.82 Å². The highest BCUT2D eigenvalue weighted by Crippen LogP contribution is 2.23. The lowest BCUT2D eigenvalue weighted by Gasteiger charge is -2.28. The number of hydrogen-bond donors (Lipinski definition) is 1. The lowest BCUT2D eigenvalue weighted by atomic mass is 10.1. The van der Waals surface area contributed by atoms with Gasteiger partial charge in [0.05, 0.1) is 0 Å². The minimum Gasteiger partial charge on any atom is -0.309 e. The molecule has 7 nitrogen and oxygen atoms in total. The van der Waals surface area contributed by atoms with Crippen molar-refractivity contribution in [2.24, 2.45) is 0 Å². The van der Waals surface area contributed by atoms with Crippen molar-refractivity contribution in [2.75, 3.05) is 7.05 Å². The first-order valence-corrected chi connectivity index (χ1v) is 9.55. The zero-order valence-corrected chi connectivity index (χ0v) is 15.0. The third-order valence-electron chi connectivity index (χ3n) is 4.40. The van der Waals surface area contributed by atoms with Crippen LogP contribution >= 0.6 is 0 Å². The second-order valence-electron chi connectivity index (χ2n) is 6.38. The summed E-state index contributed by atoms with van der Waals surface area (Å²) in [4.78, 5) is 0. The van der Waals surface area contributed by atoms with Crippen molar-refractivity contribution in [2.45, 2.75) is 45.3 Å². The van der Waals surface area contributed by atoms with Crippen LogP contribution < -0.4 is 4.72 Å². The Balaban J connectivity index is 1.81. The lowest BCUT2D eigenvalue weighted by molar-refractivity contribution is 0.373. The molecule has 0 bridgehead atoms. The van der Waals surface area contributed by atoms with Crippen LogP contribution in [0.15, 0.2) is 30.3 Å². The minimum absolute atomic E-state index is 0.0866. The quantitative estimate of drug-likeness (QED) is 0.886. The standard InChI is InChI=1S/C16H23N5O2S/c1-12(2)20(3)24(22,23)19-14-9-10-15-17-18-16(21(15)11-14)13-7-5-4-6-8-13/h4-8,12,14,19H,9-11H2,1-3H3. The summed E-state index contributed by atoms with van der Waals surface area (Å²) in [6.07, 6.45) is 1.43. The average Bonchev–Trinajstić information content (AvgIpc) is 2.97. The molecule has 0 amide bonds. The van der Waals surface area contributed by atoms with Crippen LogP contribution in [0.3, 0.4) is 0 Å². The molecule has 24 heavy (non-hydrogen) atoms. The van der Waals surface area contributed by atoms with Gasteiger partial charge in [0.2, 0.25) is 0 Å². The van der Waals surface area contributed by atoms with Crippen molar-refractivity contribution in [1.29, 1.82) is 0 Å². The largest absolute Gasteiger partial charge is 0.309 e. The van der Waals surface area contributed by atoms with Crippen LogP contribution in [0.1, 0.15) is 26.1 Å². The third-order valence-corrected chi connectivity index (χ3v) is 6.21. The van der Waals surface area contributed by atoms with Gasteiger partial charge in [-0.2, -0.15) is 17.4 Å². The molecule has 3 rings (SSSR count). The van der Waals surface area contributed by atoms with Crippen LogP contribution in [0.25, 0.3) is 11.4 Å². The Labute approximate surface area is 142 Å². The van der Waals surface area contributed by atoms with Gasteiger partial charge in [-0.05, 0) is 20.3 Å². The maximum absolute atomic E-state index is 12.4. The van der Waals surface area contributed by atoms with Crippen LogP contribution in [0, 0.1) is 0 Å². The zero-order valence-electron chi connectivity index (χ0n) is 14.2. The molecule has 1 aromatic heterocycles. The molecule has 0 aliphatic carbocycles. The van der Waals surface area contributed by atoms with Crippen LogP contribution in [0.5, 0.6) is 0 Å². The normalized spacial score (nSPS) is 18.1. The first kappa shape index (κ1) is 17.1. The van der Waals surface area contributed by atoms with Gasteiger partial charge >= 0.3 is 0 Å². The fourth-order valence-electron chi connectivity index (χ4n) is 2.80. The predicted octanol–water partition coefficient (Wildman–Crippen LogP) is 1.43. The SMILES string of the molecule is CC(C)N(C)S(=O)(=O)NC1CCc2nnc(-c3ccccc3)n2C1. The number of nitrogens with zero attached hydrogens (tertiary/aromatic N) is 4. The summed E-state index contributed by atoms with van der Waals surface area (Å²) in [5.74, 6) is 1.69. The summed E-state index contributed by atoms with van der Waals surface area (Å²) >= 11 is 0. The van der Waals surface area contributed by atoms with E-state index in [0.717, 1.165) is 23.6 Å². The molecule has 0 spiro atoms. The summed E-state index contributed by atoms with van der Waals surface area (Å²) in [5.41, 5.74) is 0.985. The monoisotopic (exact) mass is 349 g/mol. The Morgan fingerprint density at radius 1 is 1.25 bits per heavy atom. The van der Waals surface area contributed by atoms with Crippen molar-refractivity contribution < 1.29 is 8.42 Å². The molecular weight excluding hydrogens is 326 g/mol. The van der Waals surface area contributed by atoms with E-state index < -0.39 is 10.2 Å². The second-order valence-corrected chi connectivity index (χ2v) is 8.15. The number of hydrogen-bond acceptors (Lipinski definition) is 4. The highest BCUT2D eigenvalue weighted by Gasteiger charge is 2.29. The number of aromatic nitrogens is 3. The van der Waals surface area contributed by atoms with E-state index in [2.05, 4.69) is 14.9 Å². The molecule has 0 radical (unpaired) electrons. The summed E-state index contributed by atoms with van der Waals surface area (Å²) in [6.45, 7) is 4.24. The van der Waals surface area contributed by atoms with Crippen molar-refractivity contribution in [3.8, 4) is 11.4 Å². The summed E-state index contributed by atoms with van der Waals surface area (Å²) in [6, 6.07) is 9.58. The lowest BCUT2D eigenvalue weighted by Crippen LogP contribution is -2.48. The second kappa shape index (κ2) is 6.62. The summed E-state index contributed by atoms with van der Waals surface area (Å²) < 4.78 is 31.0. The van der Waals surface area contributed by atoms with Gasteiger partial charge in [-0.25, -0.2) is 0 Å². The first-order valence-electron chi connectivity index (χ1n) is 8.11. The highest BCUT2D eigenvalue weighted by atomic mass is 32.2.